The maximum absolute atomic E-state index is 11.0. The summed E-state index contributed by atoms with van der Waals surface area (Å²) in [7, 11) is 1.58. The van der Waals surface area contributed by atoms with Crippen LogP contribution in [0.1, 0.15) is 13.3 Å². The van der Waals surface area contributed by atoms with Gasteiger partial charge in [0, 0.05) is 26.7 Å². The molecule has 2 N–H and O–H groups in total. The Labute approximate surface area is 123 Å². The lowest BCUT2D eigenvalue weighted by atomic mass is 10.3. The maximum Gasteiger partial charge on any atom is 0.276 e. The number of nitro groups is 1. The van der Waals surface area contributed by atoms with Gasteiger partial charge in [-0.3, -0.25) is 10.1 Å². The van der Waals surface area contributed by atoms with Crippen molar-refractivity contribution in [1.29, 1.82) is 0 Å². The first-order chi connectivity index (χ1) is 10.1. The zero-order chi connectivity index (χ0) is 15.7. The SMILES string of the molecule is CCCNc1cc([N+](=O)[O-])cc(N(CCO)CCOC)n1. The molecule has 8 nitrogen and oxygen atoms in total. The highest BCUT2D eigenvalue weighted by Crippen LogP contribution is 2.23. The molecule has 0 fully saturated rings. The van der Waals surface area contributed by atoms with Gasteiger partial charge in [0.2, 0.25) is 0 Å². The van der Waals surface area contributed by atoms with Gasteiger partial charge in [0.25, 0.3) is 5.69 Å². The molecular weight excluding hydrogens is 276 g/mol. The van der Waals surface area contributed by atoms with Crippen molar-refractivity contribution in [2.45, 2.75) is 13.3 Å². The molecule has 0 spiro atoms. The van der Waals surface area contributed by atoms with E-state index in [1.54, 1.807) is 12.0 Å². The van der Waals surface area contributed by atoms with Crippen LogP contribution in [-0.2, 0) is 4.74 Å². The maximum atomic E-state index is 11.0. The number of anilines is 2. The van der Waals surface area contributed by atoms with E-state index in [1.165, 1.54) is 12.1 Å². The van der Waals surface area contributed by atoms with Crippen LogP contribution in [0.15, 0.2) is 12.1 Å². The van der Waals surface area contributed by atoms with E-state index in [-0.39, 0.29) is 12.3 Å². The molecule has 0 saturated heterocycles. The van der Waals surface area contributed by atoms with E-state index in [1.807, 2.05) is 6.92 Å². The highest BCUT2D eigenvalue weighted by atomic mass is 16.6. The second-order valence-electron chi connectivity index (χ2n) is 4.46. The summed E-state index contributed by atoms with van der Waals surface area (Å²) >= 11 is 0. The fourth-order valence-electron chi connectivity index (χ4n) is 1.78. The van der Waals surface area contributed by atoms with Crippen molar-refractivity contribution >= 4 is 17.3 Å². The molecule has 0 aliphatic heterocycles. The van der Waals surface area contributed by atoms with Gasteiger partial charge in [-0.2, -0.15) is 0 Å². The summed E-state index contributed by atoms with van der Waals surface area (Å²) in [4.78, 5) is 16.7. The highest BCUT2D eigenvalue weighted by Gasteiger charge is 2.15. The molecule has 8 heteroatoms. The normalized spacial score (nSPS) is 10.4. The molecule has 0 radical (unpaired) electrons. The van der Waals surface area contributed by atoms with Crippen LogP contribution in [0.25, 0.3) is 0 Å². The van der Waals surface area contributed by atoms with Crippen molar-refractivity contribution in [2.75, 3.05) is 50.2 Å². The fraction of sp³-hybridized carbons (Fsp3) is 0.615. The van der Waals surface area contributed by atoms with E-state index in [2.05, 4.69) is 10.3 Å². The summed E-state index contributed by atoms with van der Waals surface area (Å²) in [6.07, 6.45) is 0.893. The second-order valence-corrected chi connectivity index (χ2v) is 4.46. The number of ether oxygens (including phenoxy) is 1. The molecule has 0 amide bonds. The average molecular weight is 298 g/mol. The molecule has 1 rings (SSSR count). The summed E-state index contributed by atoms with van der Waals surface area (Å²) in [6.45, 7) is 3.91. The van der Waals surface area contributed by atoms with Crippen molar-refractivity contribution in [3.05, 3.63) is 22.2 Å². The molecule has 1 aromatic heterocycles. The van der Waals surface area contributed by atoms with Gasteiger partial charge in [0.1, 0.15) is 11.6 Å². The summed E-state index contributed by atoms with van der Waals surface area (Å²) < 4.78 is 5.01. The molecule has 0 unspecified atom stereocenters. The lowest BCUT2D eigenvalue weighted by molar-refractivity contribution is -0.384. The zero-order valence-corrected chi connectivity index (χ0v) is 12.4. The van der Waals surface area contributed by atoms with Gasteiger partial charge in [-0.15, -0.1) is 0 Å². The Bertz CT molecular complexity index is 456. The minimum Gasteiger partial charge on any atom is -0.395 e. The van der Waals surface area contributed by atoms with E-state index >= 15 is 0 Å². The van der Waals surface area contributed by atoms with Gasteiger partial charge in [-0.25, -0.2) is 4.98 Å². The van der Waals surface area contributed by atoms with Gasteiger partial charge in [0.05, 0.1) is 30.3 Å². The van der Waals surface area contributed by atoms with Gasteiger partial charge in [0.15, 0.2) is 0 Å². The number of aliphatic hydroxyl groups excluding tert-OH is 1. The van der Waals surface area contributed by atoms with Crippen molar-refractivity contribution in [1.82, 2.24) is 4.98 Å². The molecule has 118 valence electrons. The lowest BCUT2D eigenvalue weighted by Crippen LogP contribution is -2.31. The first-order valence-corrected chi connectivity index (χ1v) is 6.87. The Morgan fingerprint density at radius 3 is 2.81 bits per heavy atom. The molecule has 0 aromatic carbocycles. The predicted molar refractivity (Wildman–Crippen MR) is 80.8 cm³/mol. The Hall–Kier alpha value is -1.93. The third-order valence-corrected chi connectivity index (χ3v) is 2.82. The van der Waals surface area contributed by atoms with Crippen LogP contribution in [0.4, 0.5) is 17.3 Å². The Balaban J connectivity index is 3.05. The number of nitrogens with zero attached hydrogens (tertiary/aromatic N) is 3. The monoisotopic (exact) mass is 298 g/mol. The first kappa shape index (κ1) is 17.1. The van der Waals surface area contributed by atoms with Crippen LogP contribution >= 0.6 is 0 Å². The van der Waals surface area contributed by atoms with Crippen molar-refractivity contribution in [3.63, 3.8) is 0 Å². The van der Waals surface area contributed by atoms with Crippen LogP contribution in [0.2, 0.25) is 0 Å². The smallest absolute Gasteiger partial charge is 0.276 e. The third-order valence-electron chi connectivity index (χ3n) is 2.82. The Morgan fingerprint density at radius 2 is 2.24 bits per heavy atom. The minimum absolute atomic E-state index is 0.0287. The molecule has 0 bridgehead atoms. The predicted octanol–water partition coefficient (Wildman–Crippen LogP) is 1.26. The quantitative estimate of drug-likeness (QED) is 0.495. The first-order valence-electron chi connectivity index (χ1n) is 6.87. The molecule has 0 aliphatic carbocycles. The largest absolute Gasteiger partial charge is 0.395 e. The average Bonchev–Trinajstić information content (AvgIpc) is 2.49. The lowest BCUT2D eigenvalue weighted by Gasteiger charge is -2.22. The van der Waals surface area contributed by atoms with Gasteiger partial charge in [-0.1, -0.05) is 6.92 Å². The van der Waals surface area contributed by atoms with E-state index in [0.717, 1.165) is 6.42 Å². The van der Waals surface area contributed by atoms with Gasteiger partial charge < -0.3 is 20.1 Å². The van der Waals surface area contributed by atoms with Crippen LogP contribution in [0.3, 0.4) is 0 Å². The van der Waals surface area contributed by atoms with Gasteiger partial charge >= 0.3 is 0 Å². The summed E-state index contributed by atoms with van der Waals surface area (Å²) in [6, 6.07) is 2.81. The van der Waals surface area contributed by atoms with Crippen LogP contribution in [0, 0.1) is 10.1 Å². The zero-order valence-electron chi connectivity index (χ0n) is 12.4. The summed E-state index contributed by atoms with van der Waals surface area (Å²) in [5.41, 5.74) is -0.0287. The molecular formula is C13H22N4O4. The van der Waals surface area contributed by atoms with E-state index < -0.39 is 4.92 Å². The van der Waals surface area contributed by atoms with Crippen molar-refractivity contribution in [2.24, 2.45) is 0 Å². The Morgan fingerprint density at radius 1 is 1.48 bits per heavy atom. The molecule has 0 saturated carbocycles. The topological polar surface area (TPSA) is 101 Å². The molecule has 1 heterocycles. The number of aromatic nitrogens is 1. The van der Waals surface area contributed by atoms with Crippen LogP contribution < -0.4 is 10.2 Å². The third kappa shape index (κ3) is 5.52. The van der Waals surface area contributed by atoms with E-state index in [9.17, 15) is 10.1 Å². The van der Waals surface area contributed by atoms with Crippen molar-refractivity contribution < 1.29 is 14.8 Å². The number of hydrogen-bond donors (Lipinski definition) is 2. The van der Waals surface area contributed by atoms with E-state index in [4.69, 9.17) is 9.84 Å². The second kappa shape index (κ2) is 9.09. The molecule has 0 aliphatic rings. The fourth-order valence-corrected chi connectivity index (χ4v) is 1.78. The number of pyridine rings is 1. The number of methoxy groups -OCH3 is 1. The van der Waals surface area contributed by atoms with Gasteiger partial charge in [-0.05, 0) is 6.42 Å². The number of hydrogen-bond acceptors (Lipinski definition) is 7. The number of aliphatic hydroxyl groups is 1. The molecule has 1 aromatic rings. The van der Waals surface area contributed by atoms with Crippen LogP contribution in [-0.4, -0.2) is 55.0 Å². The molecule has 21 heavy (non-hydrogen) atoms. The number of nitrogens with one attached hydrogen (secondary N) is 1. The molecule has 0 atom stereocenters. The summed E-state index contributed by atoms with van der Waals surface area (Å²) in [5.74, 6) is 0.912. The number of rotatable bonds is 10. The minimum atomic E-state index is -0.449. The van der Waals surface area contributed by atoms with E-state index in [0.29, 0.717) is 37.9 Å². The standard InChI is InChI=1S/C13H22N4O4/c1-3-4-14-12-9-11(17(19)20)10-13(15-12)16(5-7-18)6-8-21-2/h9-10,18H,3-8H2,1-2H3,(H,14,15). The summed E-state index contributed by atoms with van der Waals surface area (Å²) in [5, 5.41) is 23.2. The highest BCUT2D eigenvalue weighted by molar-refractivity contribution is 5.56. The Kier molecular flexibility index (Phi) is 7.41. The van der Waals surface area contributed by atoms with Crippen LogP contribution in [0.5, 0.6) is 0 Å². The van der Waals surface area contributed by atoms with Crippen molar-refractivity contribution in [3.8, 4) is 0 Å².